The number of aromatic nitrogens is 2. The maximum absolute atomic E-state index is 11.3. The summed E-state index contributed by atoms with van der Waals surface area (Å²) in [6.45, 7) is 0. The van der Waals surface area contributed by atoms with E-state index >= 15 is 0 Å². The minimum Gasteiger partial charge on any atom is -0.381 e. The molecule has 1 saturated heterocycles. The lowest BCUT2D eigenvalue weighted by atomic mass is 10.2. The van der Waals surface area contributed by atoms with Crippen molar-refractivity contribution in [2.45, 2.75) is 12.5 Å². The lowest BCUT2D eigenvalue weighted by Crippen LogP contribution is -2.29. The molecule has 1 unspecified atom stereocenters. The summed E-state index contributed by atoms with van der Waals surface area (Å²) in [5.41, 5.74) is 1.03. The first-order chi connectivity index (χ1) is 8.72. The van der Waals surface area contributed by atoms with Crippen molar-refractivity contribution in [3.63, 3.8) is 0 Å². The van der Waals surface area contributed by atoms with Crippen molar-refractivity contribution in [1.82, 2.24) is 9.97 Å². The van der Waals surface area contributed by atoms with E-state index in [4.69, 9.17) is 0 Å². The molecule has 1 aromatic heterocycles. The van der Waals surface area contributed by atoms with E-state index in [-0.39, 0.29) is 0 Å². The van der Waals surface area contributed by atoms with Gasteiger partial charge in [-0.25, -0.2) is 0 Å². The van der Waals surface area contributed by atoms with Gasteiger partial charge in [0.25, 0.3) is 0 Å². The lowest BCUT2D eigenvalue weighted by Gasteiger charge is -2.13. The molecule has 0 saturated carbocycles. The highest BCUT2D eigenvalue weighted by Gasteiger charge is 2.14. The smallest absolute Gasteiger partial charge is 0.314 e. The summed E-state index contributed by atoms with van der Waals surface area (Å²) >= 11 is 1.94. The molecule has 6 heteroatoms. The first-order valence-corrected chi connectivity index (χ1v) is 6.98. The highest BCUT2D eigenvalue weighted by atomic mass is 32.2. The average molecular weight is 263 g/mol. The molecule has 3 rings (SSSR count). The molecule has 1 fully saturated rings. The van der Waals surface area contributed by atoms with Crippen LogP contribution in [-0.2, 0) is 0 Å². The van der Waals surface area contributed by atoms with Gasteiger partial charge in [-0.15, -0.1) is 0 Å². The molecule has 94 valence electrons. The largest absolute Gasteiger partial charge is 0.381 e. The van der Waals surface area contributed by atoms with E-state index in [1.165, 1.54) is 5.75 Å². The monoisotopic (exact) mass is 263 g/mol. The SMILES string of the molecule is O=c1[nH]c2ccc(NC3CCSC3)cc2[nH]c1=O. The van der Waals surface area contributed by atoms with Crippen molar-refractivity contribution in [3.05, 3.63) is 38.9 Å². The number of rotatable bonds is 2. The van der Waals surface area contributed by atoms with Crippen molar-refractivity contribution in [2.24, 2.45) is 0 Å². The third-order valence-corrected chi connectivity index (χ3v) is 4.19. The second-order valence-corrected chi connectivity index (χ2v) is 5.52. The highest BCUT2D eigenvalue weighted by Crippen LogP contribution is 2.22. The molecular weight excluding hydrogens is 250 g/mol. The molecule has 0 bridgehead atoms. The van der Waals surface area contributed by atoms with Crippen LogP contribution in [0.4, 0.5) is 5.69 Å². The number of anilines is 1. The lowest BCUT2D eigenvalue weighted by molar-refractivity contribution is 0.813. The van der Waals surface area contributed by atoms with Crippen molar-refractivity contribution < 1.29 is 0 Å². The van der Waals surface area contributed by atoms with E-state index in [1.807, 2.05) is 23.9 Å². The van der Waals surface area contributed by atoms with Gasteiger partial charge in [0.05, 0.1) is 11.0 Å². The van der Waals surface area contributed by atoms with Crippen molar-refractivity contribution >= 4 is 28.5 Å². The maximum atomic E-state index is 11.3. The summed E-state index contributed by atoms with van der Waals surface area (Å²) < 4.78 is 0. The molecule has 18 heavy (non-hydrogen) atoms. The molecule has 2 aromatic rings. The Bertz CT molecular complexity index is 686. The zero-order chi connectivity index (χ0) is 12.5. The number of H-pyrrole nitrogens is 2. The fraction of sp³-hybridized carbons (Fsp3) is 0.333. The Hall–Kier alpha value is -1.69. The van der Waals surface area contributed by atoms with Crippen LogP contribution in [0.15, 0.2) is 27.8 Å². The van der Waals surface area contributed by atoms with Gasteiger partial charge in [-0.3, -0.25) is 9.59 Å². The molecular formula is C12H13N3O2S. The normalized spacial score (nSPS) is 19.2. The van der Waals surface area contributed by atoms with Gasteiger partial charge >= 0.3 is 11.1 Å². The highest BCUT2D eigenvalue weighted by molar-refractivity contribution is 7.99. The van der Waals surface area contributed by atoms with E-state index < -0.39 is 11.1 Å². The number of aromatic amines is 2. The maximum Gasteiger partial charge on any atom is 0.314 e. The quantitative estimate of drug-likeness (QED) is 0.710. The Morgan fingerprint density at radius 2 is 1.94 bits per heavy atom. The second-order valence-electron chi connectivity index (χ2n) is 4.37. The van der Waals surface area contributed by atoms with E-state index in [9.17, 15) is 9.59 Å². The predicted molar refractivity (Wildman–Crippen MR) is 74.5 cm³/mol. The summed E-state index contributed by atoms with van der Waals surface area (Å²) in [5, 5.41) is 3.43. The molecule has 1 aliphatic rings. The Morgan fingerprint density at radius 1 is 1.17 bits per heavy atom. The Labute approximate surface area is 107 Å². The van der Waals surface area contributed by atoms with Gasteiger partial charge in [0.15, 0.2) is 0 Å². The van der Waals surface area contributed by atoms with E-state index in [0.717, 1.165) is 17.9 Å². The van der Waals surface area contributed by atoms with E-state index in [1.54, 1.807) is 6.07 Å². The number of nitrogens with one attached hydrogen (secondary N) is 3. The topological polar surface area (TPSA) is 77.8 Å². The molecule has 0 amide bonds. The first-order valence-electron chi connectivity index (χ1n) is 5.83. The Morgan fingerprint density at radius 3 is 2.67 bits per heavy atom. The summed E-state index contributed by atoms with van der Waals surface area (Å²) in [6, 6.07) is 6.06. The molecule has 2 heterocycles. The predicted octanol–water partition coefficient (Wildman–Crippen LogP) is 1.13. The molecule has 0 aliphatic carbocycles. The number of benzene rings is 1. The standard InChI is InChI=1S/C12H13N3O2S/c16-11-12(17)15-10-5-7(1-2-9(10)14-11)13-8-3-4-18-6-8/h1-2,5,8,13H,3-4,6H2,(H,14,16)(H,15,17). The Balaban J connectivity index is 1.97. The van der Waals surface area contributed by atoms with Crippen LogP contribution < -0.4 is 16.4 Å². The van der Waals surface area contributed by atoms with E-state index in [0.29, 0.717) is 17.1 Å². The second kappa shape index (κ2) is 4.53. The van der Waals surface area contributed by atoms with Crippen molar-refractivity contribution in [3.8, 4) is 0 Å². The van der Waals surface area contributed by atoms with Gasteiger partial charge in [-0.2, -0.15) is 11.8 Å². The molecule has 3 N–H and O–H groups in total. The molecule has 0 radical (unpaired) electrons. The number of hydrogen-bond donors (Lipinski definition) is 3. The zero-order valence-electron chi connectivity index (χ0n) is 9.66. The third kappa shape index (κ3) is 2.15. The fourth-order valence-corrected chi connectivity index (χ4v) is 3.24. The third-order valence-electron chi connectivity index (χ3n) is 3.02. The average Bonchev–Trinajstić information content (AvgIpc) is 2.84. The van der Waals surface area contributed by atoms with Crippen molar-refractivity contribution in [2.75, 3.05) is 16.8 Å². The molecule has 1 atom stereocenters. The van der Waals surface area contributed by atoms with Crippen LogP contribution in [0.2, 0.25) is 0 Å². The van der Waals surface area contributed by atoms with Crippen molar-refractivity contribution in [1.29, 1.82) is 0 Å². The van der Waals surface area contributed by atoms with E-state index in [2.05, 4.69) is 15.3 Å². The Kier molecular flexibility index (Phi) is 2.87. The first kappa shape index (κ1) is 11.4. The van der Waals surface area contributed by atoms with Gasteiger partial charge in [0.2, 0.25) is 0 Å². The summed E-state index contributed by atoms with van der Waals surface area (Å²) in [6.07, 6.45) is 1.16. The van der Waals surface area contributed by atoms with Crippen LogP contribution >= 0.6 is 11.8 Å². The number of fused-ring (bicyclic) bond motifs is 1. The molecule has 5 nitrogen and oxygen atoms in total. The number of hydrogen-bond acceptors (Lipinski definition) is 4. The van der Waals surface area contributed by atoms with Crippen LogP contribution in [0, 0.1) is 0 Å². The summed E-state index contributed by atoms with van der Waals surface area (Å²) in [7, 11) is 0. The van der Waals surface area contributed by atoms with Crippen LogP contribution in [-0.4, -0.2) is 27.5 Å². The van der Waals surface area contributed by atoms with Gasteiger partial charge in [-0.1, -0.05) is 0 Å². The zero-order valence-corrected chi connectivity index (χ0v) is 10.5. The van der Waals surface area contributed by atoms with Gasteiger partial charge in [-0.05, 0) is 30.4 Å². The minimum atomic E-state index is -0.615. The van der Waals surface area contributed by atoms with Crippen LogP contribution in [0.1, 0.15) is 6.42 Å². The molecule has 0 spiro atoms. The minimum absolute atomic E-state index is 0.488. The molecule has 1 aliphatic heterocycles. The summed E-state index contributed by atoms with van der Waals surface area (Å²) in [5.74, 6) is 2.30. The van der Waals surface area contributed by atoms with Gasteiger partial charge < -0.3 is 15.3 Å². The fourth-order valence-electron chi connectivity index (χ4n) is 2.09. The molecule has 1 aromatic carbocycles. The number of thioether (sulfide) groups is 1. The summed E-state index contributed by atoms with van der Waals surface area (Å²) in [4.78, 5) is 27.6. The van der Waals surface area contributed by atoms with Gasteiger partial charge in [0, 0.05) is 17.5 Å². The van der Waals surface area contributed by atoms with Gasteiger partial charge in [0.1, 0.15) is 0 Å². The van der Waals surface area contributed by atoms with Crippen LogP contribution in [0.5, 0.6) is 0 Å². The van der Waals surface area contributed by atoms with Crippen LogP contribution in [0.25, 0.3) is 11.0 Å². The van der Waals surface area contributed by atoms with Crippen LogP contribution in [0.3, 0.4) is 0 Å².